The van der Waals surface area contributed by atoms with Crippen LogP contribution in [-0.2, 0) is 0 Å². The van der Waals surface area contributed by atoms with Crippen LogP contribution in [0.5, 0.6) is 0 Å². The fourth-order valence-electron chi connectivity index (χ4n) is 2.32. The molecule has 2 rings (SSSR count). The van der Waals surface area contributed by atoms with Gasteiger partial charge in [0.05, 0.1) is 0 Å². The first-order valence-corrected chi connectivity index (χ1v) is 8.37. The summed E-state index contributed by atoms with van der Waals surface area (Å²) in [4.78, 5) is 0. The van der Waals surface area contributed by atoms with Crippen LogP contribution in [0.25, 0.3) is 11.3 Å². The molecule has 0 unspecified atom stereocenters. The van der Waals surface area contributed by atoms with Gasteiger partial charge in [-0.15, -0.1) is 0 Å². The van der Waals surface area contributed by atoms with Gasteiger partial charge in [0.15, 0.2) is 0 Å². The summed E-state index contributed by atoms with van der Waals surface area (Å²) in [5, 5.41) is 0. The molecule has 0 amide bonds. The maximum absolute atomic E-state index is 5.78. The molecule has 1 aromatic carbocycles. The van der Waals surface area contributed by atoms with Crippen LogP contribution >= 0.6 is 11.8 Å². The average molecular weight is 297 g/mol. The van der Waals surface area contributed by atoms with Gasteiger partial charge in [-0.1, -0.05) is 54.7 Å². The van der Waals surface area contributed by atoms with E-state index in [1.807, 2.05) is 23.9 Å². The molecule has 0 spiro atoms. The second-order valence-corrected chi connectivity index (χ2v) is 6.56. The molecule has 0 aliphatic heterocycles. The second kappa shape index (κ2) is 7.37. The van der Waals surface area contributed by atoms with Crippen LogP contribution in [0, 0.1) is 0 Å². The molecule has 2 N–H and O–H groups in total. The van der Waals surface area contributed by atoms with Gasteiger partial charge in [0.1, 0.15) is 0 Å². The number of allylic oxidation sites excluding steroid dienone is 3. The van der Waals surface area contributed by atoms with E-state index in [-0.39, 0.29) is 0 Å². The van der Waals surface area contributed by atoms with E-state index in [0.29, 0.717) is 5.70 Å². The summed E-state index contributed by atoms with van der Waals surface area (Å²) < 4.78 is 0. The minimum Gasteiger partial charge on any atom is -0.399 e. The number of nitrogens with two attached hydrogens (primary N) is 1. The minimum absolute atomic E-state index is 0.626. The molecule has 0 radical (unpaired) electrons. The molecule has 0 fully saturated rings. The molecular formula is C19H23NS. The molecule has 0 atom stereocenters. The van der Waals surface area contributed by atoms with Crippen LogP contribution in [0.4, 0.5) is 0 Å². The first-order chi connectivity index (χ1) is 10.1. The predicted molar refractivity (Wildman–Crippen MR) is 97.1 cm³/mol. The Kier molecular flexibility index (Phi) is 5.51. The number of rotatable bonds is 6. The van der Waals surface area contributed by atoms with Crippen molar-refractivity contribution >= 4 is 23.0 Å². The van der Waals surface area contributed by atoms with E-state index in [0.717, 1.165) is 29.9 Å². The lowest BCUT2D eigenvalue weighted by molar-refractivity contribution is 0.981. The molecule has 110 valence electrons. The number of benzene rings is 1. The van der Waals surface area contributed by atoms with Crippen LogP contribution in [0.3, 0.4) is 0 Å². The van der Waals surface area contributed by atoms with Crippen molar-refractivity contribution in [2.75, 3.05) is 11.5 Å². The zero-order chi connectivity index (χ0) is 15.2. The Morgan fingerprint density at radius 3 is 2.67 bits per heavy atom. The van der Waals surface area contributed by atoms with Crippen molar-refractivity contribution in [1.82, 2.24) is 0 Å². The van der Waals surface area contributed by atoms with Crippen LogP contribution < -0.4 is 5.73 Å². The summed E-state index contributed by atoms with van der Waals surface area (Å²) in [6, 6.07) is 8.33. The van der Waals surface area contributed by atoms with Crippen LogP contribution in [0.15, 0.2) is 60.7 Å². The standard InChI is InChI=1S/C19H23NS/c1-14(2)12-21-13-16-7-9-17(10-8-16)19-6-4-5-18(11-19)15(3)20/h4-7,9,11H,1,3,8,10,12-13,20H2,2H3. The van der Waals surface area contributed by atoms with Crippen molar-refractivity contribution in [1.29, 1.82) is 0 Å². The maximum Gasteiger partial charge on any atom is 0.0314 e. The number of hydrogen-bond acceptors (Lipinski definition) is 2. The average Bonchev–Trinajstić information content (AvgIpc) is 2.48. The largest absolute Gasteiger partial charge is 0.399 e. The summed E-state index contributed by atoms with van der Waals surface area (Å²) in [6.45, 7) is 9.83. The van der Waals surface area contributed by atoms with Gasteiger partial charge in [0.2, 0.25) is 0 Å². The molecule has 0 saturated heterocycles. The Morgan fingerprint density at radius 1 is 1.24 bits per heavy atom. The van der Waals surface area contributed by atoms with E-state index in [1.165, 1.54) is 22.3 Å². The van der Waals surface area contributed by atoms with E-state index in [1.54, 1.807) is 0 Å². The van der Waals surface area contributed by atoms with Crippen molar-refractivity contribution in [2.24, 2.45) is 5.73 Å². The first kappa shape index (κ1) is 15.7. The van der Waals surface area contributed by atoms with Gasteiger partial charge in [-0.25, -0.2) is 0 Å². The lowest BCUT2D eigenvalue weighted by Crippen LogP contribution is -1.98. The Balaban J connectivity index is 2.04. The Hall–Kier alpha value is -1.67. The molecular weight excluding hydrogens is 274 g/mol. The molecule has 1 aromatic rings. The van der Waals surface area contributed by atoms with E-state index >= 15 is 0 Å². The first-order valence-electron chi connectivity index (χ1n) is 7.22. The highest BCUT2D eigenvalue weighted by atomic mass is 32.2. The normalized spacial score (nSPS) is 14.3. The molecule has 0 heterocycles. The molecule has 0 saturated carbocycles. The third kappa shape index (κ3) is 4.68. The molecule has 2 heteroatoms. The van der Waals surface area contributed by atoms with Crippen molar-refractivity contribution in [2.45, 2.75) is 19.8 Å². The molecule has 0 aromatic heterocycles. The van der Waals surface area contributed by atoms with E-state index in [4.69, 9.17) is 5.73 Å². The Bertz CT molecular complexity index is 608. The summed E-state index contributed by atoms with van der Waals surface area (Å²) in [7, 11) is 0. The SMILES string of the molecule is C=C(C)CSCC1=CC=C(c2cccc(C(=C)N)c2)CC1. The van der Waals surface area contributed by atoms with E-state index in [2.05, 4.69) is 44.4 Å². The summed E-state index contributed by atoms with van der Waals surface area (Å²) >= 11 is 1.95. The summed E-state index contributed by atoms with van der Waals surface area (Å²) in [5.41, 5.74) is 12.8. The van der Waals surface area contributed by atoms with Crippen molar-refractivity contribution < 1.29 is 0 Å². The molecule has 1 aliphatic rings. The van der Waals surface area contributed by atoms with Gasteiger partial charge < -0.3 is 5.73 Å². The second-order valence-electron chi connectivity index (χ2n) is 5.57. The molecule has 1 nitrogen and oxygen atoms in total. The maximum atomic E-state index is 5.78. The predicted octanol–water partition coefficient (Wildman–Crippen LogP) is 5.03. The molecule has 1 aliphatic carbocycles. The van der Waals surface area contributed by atoms with E-state index in [9.17, 15) is 0 Å². The number of hydrogen-bond donors (Lipinski definition) is 1. The highest BCUT2D eigenvalue weighted by Crippen LogP contribution is 2.29. The van der Waals surface area contributed by atoms with Gasteiger partial charge in [0.25, 0.3) is 0 Å². The quantitative estimate of drug-likeness (QED) is 0.745. The van der Waals surface area contributed by atoms with Crippen molar-refractivity contribution in [3.63, 3.8) is 0 Å². The Morgan fingerprint density at radius 2 is 2.05 bits per heavy atom. The third-order valence-electron chi connectivity index (χ3n) is 3.48. The van der Waals surface area contributed by atoms with Crippen molar-refractivity contribution in [3.05, 3.63) is 71.8 Å². The lowest BCUT2D eigenvalue weighted by atomic mass is 9.93. The van der Waals surface area contributed by atoms with Gasteiger partial charge in [-0.05, 0) is 42.5 Å². The third-order valence-corrected chi connectivity index (χ3v) is 4.75. The highest BCUT2D eigenvalue weighted by Gasteiger charge is 2.09. The lowest BCUT2D eigenvalue weighted by Gasteiger charge is -2.15. The monoisotopic (exact) mass is 297 g/mol. The topological polar surface area (TPSA) is 26.0 Å². The fourth-order valence-corrected chi connectivity index (χ4v) is 3.27. The number of thioether (sulfide) groups is 1. The molecule has 21 heavy (non-hydrogen) atoms. The minimum atomic E-state index is 0.626. The van der Waals surface area contributed by atoms with Gasteiger partial charge in [-0.2, -0.15) is 11.8 Å². The summed E-state index contributed by atoms with van der Waals surface area (Å²) in [6.07, 6.45) is 6.76. The van der Waals surface area contributed by atoms with Gasteiger partial charge >= 0.3 is 0 Å². The highest BCUT2D eigenvalue weighted by molar-refractivity contribution is 7.99. The van der Waals surface area contributed by atoms with Crippen LogP contribution in [0.1, 0.15) is 30.9 Å². The van der Waals surface area contributed by atoms with Crippen LogP contribution in [0.2, 0.25) is 0 Å². The Labute approximate surface area is 132 Å². The zero-order valence-electron chi connectivity index (χ0n) is 12.7. The van der Waals surface area contributed by atoms with Crippen LogP contribution in [-0.4, -0.2) is 11.5 Å². The molecule has 0 bridgehead atoms. The van der Waals surface area contributed by atoms with Gasteiger partial charge in [-0.3, -0.25) is 0 Å². The van der Waals surface area contributed by atoms with E-state index < -0.39 is 0 Å². The smallest absolute Gasteiger partial charge is 0.0314 e. The fraction of sp³-hybridized carbons (Fsp3) is 0.263. The summed E-state index contributed by atoms with van der Waals surface area (Å²) in [5.74, 6) is 2.16. The van der Waals surface area contributed by atoms with Crippen molar-refractivity contribution in [3.8, 4) is 0 Å². The zero-order valence-corrected chi connectivity index (χ0v) is 13.5. The van der Waals surface area contributed by atoms with Gasteiger partial charge in [0, 0.05) is 17.2 Å².